The van der Waals surface area contributed by atoms with Crippen molar-refractivity contribution >= 4 is 27.9 Å². The second-order valence-corrected chi connectivity index (χ2v) is 5.71. The number of thiophene rings is 1. The van der Waals surface area contributed by atoms with Crippen LogP contribution in [0.1, 0.15) is 29.4 Å². The summed E-state index contributed by atoms with van der Waals surface area (Å²) in [5, 5.41) is 3.84. The number of rotatable bonds is 4. The van der Waals surface area contributed by atoms with Gasteiger partial charge in [-0.15, -0.1) is 11.3 Å². The fourth-order valence-electron chi connectivity index (χ4n) is 2.30. The Morgan fingerprint density at radius 1 is 1.68 bits per heavy atom. The van der Waals surface area contributed by atoms with Crippen LogP contribution in [-0.2, 0) is 4.74 Å². The molecule has 0 aliphatic carbocycles. The maximum atomic E-state index is 11.9. The summed E-state index contributed by atoms with van der Waals surface area (Å²) < 4.78 is 5.42. The number of amides is 1. The summed E-state index contributed by atoms with van der Waals surface area (Å²) >= 11 is 1.46. The Morgan fingerprint density at radius 2 is 2.47 bits per heavy atom. The summed E-state index contributed by atoms with van der Waals surface area (Å²) in [5.74, 6) is -0.0865. The molecule has 19 heavy (non-hydrogen) atoms. The second kappa shape index (κ2) is 6.25. The van der Waals surface area contributed by atoms with Crippen molar-refractivity contribution < 1.29 is 9.53 Å². The van der Waals surface area contributed by atoms with Crippen molar-refractivity contribution in [2.75, 3.05) is 37.4 Å². The molecular weight excluding hydrogens is 262 g/mol. The van der Waals surface area contributed by atoms with Crippen LogP contribution >= 0.6 is 11.3 Å². The molecule has 1 aliphatic rings. The van der Waals surface area contributed by atoms with Gasteiger partial charge in [-0.25, -0.2) is 0 Å². The van der Waals surface area contributed by atoms with Crippen LogP contribution in [0.2, 0.25) is 0 Å². The number of nitrogen functional groups attached to an aromatic ring is 1. The van der Waals surface area contributed by atoms with Crippen LogP contribution in [0, 0.1) is 0 Å². The molecule has 0 radical (unpaired) electrons. The first-order valence-electron chi connectivity index (χ1n) is 6.61. The zero-order valence-corrected chi connectivity index (χ0v) is 12.3. The number of carbonyl (C=O) groups excluding carboxylic acids is 1. The maximum absolute atomic E-state index is 11.9. The first-order valence-corrected chi connectivity index (χ1v) is 7.42. The molecule has 1 aromatic heterocycles. The lowest BCUT2D eigenvalue weighted by Gasteiger charge is -2.32. The predicted molar refractivity (Wildman–Crippen MR) is 79.0 cm³/mol. The van der Waals surface area contributed by atoms with Crippen LogP contribution in [0.4, 0.5) is 10.7 Å². The largest absolute Gasteiger partial charge is 0.397 e. The number of anilines is 2. The third-order valence-corrected chi connectivity index (χ3v) is 4.52. The molecule has 1 saturated heterocycles. The number of nitrogens with two attached hydrogens (primary N) is 1. The Balaban J connectivity index is 2.13. The third-order valence-electron chi connectivity index (χ3n) is 3.31. The molecule has 0 bridgehead atoms. The van der Waals surface area contributed by atoms with Gasteiger partial charge < -0.3 is 20.7 Å². The lowest BCUT2D eigenvalue weighted by molar-refractivity contribution is 0.0895. The van der Waals surface area contributed by atoms with E-state index < -0.39 is 0 Å². The SMILES string of the molecule is CCNC(=O)c1sc(N2CCCC(OC)C2)cc1N. The van der Waals surface area contributed by atoms with E-state index >= 15 is 0 Å². The van der Waals surface area contributed by atoms with Gasteiger partial charge in [-0.2, -0.15) is 0 Å². The van der Waals surface area contributed by atoms with Crippen LogP contribution in [0.15, 0.2) is 6.07 Å². The summed E-state index contributed by atoms with van der Waals surface area (Å²) in [6.45, 7) is 4.37. The van der Waals surface area contributed by atoms with Gasteiger partial charge in [0.25, 0.3) is 5.91 Å². The summed E-state index contributed by atoms with van der Waals surface area (Å²) in [4.78, 5) is 14.7. The van der Waals surface area contributed by atoms with Crippen molar-refractivity contribution in [2.24, 2.45) is 0 Å². The highest BCUT2D eigenvalue weighted by Gasteiger charge is 2.23. The van der Waals surface area contributed by atoms with E-state index in [-0.39, 0.29) is 12.0 Å². The van der Waals surface area contributed by atoms with Gasteiger partial charge >= 0.3 is 0 Å². The van der Waals surface area contributed by atoms with Crippen molar-refractivity contribution in [3.8, 4) is 0 Å². The van der Waals surface area contributed by atoms with Gasteiger partial charge in [-0.05, 0) is 25.8 Å². The Hall–Kier alpha value is -1.27. The lowest BCUT2D eigenvalue weighted by atomic mass is 10.1. The smallest absolute Gasteiger partial charge is 0.263 e. The molecule has 1 aromatic rings. The normalized spacial score (nSPS) is 19.5. The molecule has 2 heterocycles. The van der Waals surface area contributed by atoms with E-state index in [2.05, 4.69) is 10.2 Å². The molecule has 0 spiro atoms. The van der Waals surface area contributed by atoms with E-state index in [1.165, 1.54) is 11.3 Å². The lowest BCUT2D eigenvalue weighted by Crippen LogP contribution is -2.38. The zero-order valence-electron chi connectivity index (χ0n) is 11.4. The van der Waals surface area contributed by atoms with E-state index in [0.717, 1.165) is 30.9 Å². The molecule has 0 saturated carbocycles. The standard InChI is InChI=1S/C13H21N3O2S/c1-3-15-13(17)12-10(14)7-11(19-12)16-6-4-5-9(8-16)18-2/h7,9H,3-6,8,14H2,1-2H3,(H,15,17). The molecular formula is C13H21N3O2S. The average Bonchev–Trinajstić information content (AvgIpc) is 2.81. The summed E-state index contributed by atoms with van der Waals surface area (Å²) in [6.07, 6.45) is 2.47. The monoisotopic (exact) mass is 283 g/mol. The topological polar surface area (TPSA) is 67.6 Å². The number of methoxy groups -OCH3 is 1. The third kappa shape index (κ3) is 3.19. The molecule has 1 aliphatic heterocycles. The second-order valence-electron chi connectivity index (χ2n) is 4.67. The highest BCUT2D eigenvalue weighted by molar-refractivity contribution is 7.18. The molecule has 6 heteroatoms. The zero-order chi connectivity index (χ0) is 13.8. The Labute approximate surface area is 117 Å². The molecule has 106 valence electrons. The summed E-state index contributed by atoms with van der Waals surface area (Å²) in [7, 11) is 1.75. The number of piperidine rings is 1. The Kier molecular flexibility index (Phi) is 4.66. The molecule has 1 unspecified atom stereocenters. The van der Waals surface area contributed by atoms with E-state index in [1.54, 1.807) is 7.11 Å². The van der Waals surface area contributed by atoms with Crippen molar-refractivity contribution in [2.45, 2.75) is 25.9 Å². The molecule has 1 fully saturated rings. The number of hydrogen-bond acceptors (Lipinski definition) is 5. The number of hydrogen-bond donors (Lipinski definition) is 2. The molecule has 2 rings (SSSR count). The number of carbonyl (C=O) groups is 1. The quantitative estimate of drug-likeness (QED) is 0.882. The van der Waals surface area contributed by atoms with E-state index in [4.69, 9.17) is 10.5 Å². The number of nitrogens with zero attached hydrogens (tertiary/aromatic N) is 1. The molecule has 3 N–H and O–H groups in total. The molecule has 1 atom stereocenters. The average molecular weight is 283 g/mol. The minimum absolute atomic E-state index is 0.0865. The van der Waals surface area contributed by atoms with E-state index in [9.17, 15) is 4.79 Å². The summed E-state index contributed by atoms with van der Waals surface area (Å²) in [6, 6.07) is 1.90. The van der Waals surface area contributed by atoms with Crippen LogP contribution in [0.3, 0.4) is 0 Å². The van der Waals surface area contributed by atoms with Crippen molar-refractivity contribution in [1.29, 1.82) is 0 Å². The van der Waals surface area contributed by atoms with Crippen molar-refractivity contribution in [3.05, 3.63) is 10.9 Å². The maximum Gasteiger partial charge on any atom is 0.263 e. The minimum atomic E-state index is -0.0865. The van der Waals surface area contributed by atoms with Gasteiger partial charge in [0.15, 0.2) is 0 Å². The fraction of sp³-hybridized carbons (Fsp3) is 0.615. The first-order chi connectivity index (χ1) is 9.15. The highest BCUT2D eigenvalue weighted by Crippen LogP contribution is 2.33. The Morgan fingerprint density at radius 3 is 3.16 bits per heavy atom. The van der Waals surface area contributed by atoms with E-state index in [0.29, 0.717) is 17.1 Å². The van der Waals surface area contributed by atoms with E-state index in [1.807, 2.05) is 13.0 Å². The minimum Gasteiger partial charge on any atom is -0.397 e. The number of ether oxygens (including phenoxy) is 1. The van der Waals surface area contributed by atoms with Gasteiger partial charge in [0, 0.05) is 26.7 Å². The first kappa shape index (κ1) is 14.1. The van der Waals surface area contributed by atoms with Crippen LogP contribution in [-0.4, -0.2) is 38.8 Å². The summed E-state index contributed by atoms with van der Waals surface area (Å²) in [5.41, 5.74) is 6.50. The van der Waals surface area contributed by atoms with Crippen LogP contribution in [0.5, 0.6) is 0 Å². The number of nitrogens with one attached hydrogen (secondary N) is 1. The van der Waals surface area contributed by atoms with Crippen molar-refractivity contribution in [3.63, 3.8) is 0 Å². The molecule has 0 aromatic carbocycles. The van der Waals surface area contributed by atoms with Crippen molar-refractivity contribution in [1.82, 2.24) is 5.32 Å². The van der Waals surface area contributed by atoms with Crippen LogP contribution in [0.25, 0.3) is 0 Å². The van der Waals surface area contributed by atoms with Gasteiger partial charge in [0.2, 0.25) is 0 Å². The highest BCUT2D eigenvalue weighted by atomic mass is 32.1. The Bertz CT molecular complexity index is 447. The molecule has 1 amide bonds. The van der Waals surface area contributed by atoms with Gasteiger partial charge in [0.05, 0.1) is 16.8 Å². The predicted octanol–water partition coefficient (Wildman–Crippen LogP) is 1.70. The fourth-order valence-corrected chi connectivity index (χ4v) is 3.33. The molecule has 5 nitrogen and oxygen atoms in total. The van der Waals surface area contributed by atoms with Gasteiger partial charge in [-0.1, -0.05) is 0 Å². The van der Waals surface area contributed by atoms with Crippen LogP contribution < -0.4 is 16.0 Å². The van der Waals surface area contributed by atoms with Gasteiger partial charge in [-0.3, -0.25) is 4.79 Å². The van der Waals surface area contributed by atoms with Gasteiger partial charge in [0.1, 0.15) is 4.88 Å².